The Morgan fingerprint density at radius 1 is 1.19 bits per heavy atom. The van der Waals surface area contributed by atoms with E-state index in [1.54, 1.807) is 55.8 Å². The van der Waals surface area contributed by atoms with Gasteiger partial charge in [-0.25, -0.2) is 22.2 Å². The molecule has 0 spiro atoms. The number of hydrogen-bond donors (Lipinski definition) is 0. The minimum absolute atomic E-state index is 0.129. The van der Waals surface area contributed by atoms with Crippen molar-refractivity contribution in [3.05, 3.63) is 58.7 Å². The summed E-state index contributed by atoms with van der Waals surface area (Å²) in [5.41, 5.74) is 1.97. The standard InChI is InChI=1S/C21H19ClN2O5S2/c1-21(2,20(25)28-3)29-11-15-9-13-8-14(22)4-7-18(13)24(15)31(26,27)16-5-6-17-19(10-16)30-12-23-17/h4-10,12H,11H2,1-3H3. The average molecular weight is 479 g/mol. The quantitative estimate of drug-likeness (QED) is 0.376. The molecule has 4 rings (SSSR count). The molecule has 10 heteroatoms. The van der Waals surface area contributed by atoms with Crippen molar-refractivity contribution in [3.8, 4) is 0 Å². The fourth-order valence-corrected chi connectivity index (χ4v) is 5.79. The molecule has 2 aromatic carbocycles. The predicted molar refractivity (Wildman–Crippen MR) is 120 cm³/mol. The van der Waals surface area contributed by atoms with Crippen LogP contribution in [0, 0.1) is 0 Å². The third-order valence-electron chi connectivity index (χ3n) is 4.89. The van der Waals surface area contributed by atoms with Crippen molar-refractivity contribution < 1.29 is 22.7 Å². The zero-order valence-electron chi connectivity index (χ0n) is 17.0. The number of carbonyl (C=O) groups excluding carboxylic acids is 1. The molecule has 0 aliphatic carbocycles. The lowest BCUT2D eigenvalue weighted by Gasteiger charge is -2.22. The highest BCUT2D eigenvalue weighted by Crippen LogP contribution is 2.31. The van der Waals surface area contributed by atoms with Crippen molar-refractivity contribution in [1.29, 1.82) is 0 Å². The van der Waals surface area contributed by atoms with Crippen LogP contribution in [0.5, 0.6) is 0 Å². The number of aromatic nitrogens is 2. The van der Waals surface area contributed by atoms with E-state index in [9.17, 15) is 13.2 Å². The van der Waals surface area contributed by atoms with Crippen LogP contribution in [0.4, 0.5) is 0 Å². The second-order valence-electron chi connectivity index (χ2n) is 7.38. The van der Waals surface area contributed by atoms with Crippen molar-refractivity contribution in [3.63, 3.8) is 0 Å². The second-order valence-corrected chi connectivity index (χ2v) is 10.5. The van der Waals surface area contributed by atoms with Crippen LogP contribution in [0.15, 0.2) is 52.9 Å². The van der Waals surface area contributed by atoms with Gasteiger partial charge in [0.15, 0.2) is 5.60 Å². The Morgan fingerprint density at radius 3 is 2.71 bits per heavy atom. The van der Waals surface area contributed by atoms with Crippen LogP contribution >= 0.6 is 22.9 Å². The van der Waals surface area contributed by atoms with E-state index in [0.717, 1.165) is 10.2 Å². The molecule has 0 amide bonds. The number of methoxy groups -OCH3 is 1. The first-order chi connectivity index (χ1) is 14.6. The number of carbonyl (C=O) groups is 1. The van der Waals surface area contributed by atoms with E-state index in [2.05, 4.69) is 4.98 Å². The molecule has 4 aromatic rings. The molecule has 0 N–H and O–H groups in total. The van der Waals surface area contributed by atoms with E-state index in [1.165, 1.54) is 28.5 Å². The summed E-state index contributed by atoms with van der Waals surface area (Å²) in [5, 5.41) is 1.12. The summed E-state index contributed by atoms with van der Waals surface area (Å²) in [6.07, 6.45) is 0. The van der Waals surface area contributed by atoms with Gasteiger partial charge in [-0.2, -0.15) is 0 Å². The van der Waals surface area contributed by atoms with Crippen LogP contribution in [-0.4, -0.2) is 36.1 Å². The van der Waals surface area contributed by atoms with Gasteiger partial charge < -0.3 is 9.47 Å². The van der Waals surface area contributed by atoms with Crippen LogP contribution < -0.4 is 0 Å². The van der Waals surface area contributed by atoms with Gasteiger partial charge in [-0.3, -0.25) is 0 Å². The molecule has 0 atom stereocenters. The third-order valence-corrected chi connectivity index (χ3v) is 7.68. The molecule has 162 valence electrons. The molecule has 0 saturated heterocycles. The molecule has 0 unspecified atom stereocenters. The first kappa shape index (κ1) is 21.8. The fraction of sp³-hybridized carbons (Fsp3) is 0.238. The lowest BCUT2D eigenvalue weighted by Crippen LogP contribution is -2.36. The molecule has 7 nitrogen and oxygen atoms in total. The van der Waals surface area contributed by atoms with Gasteiger partial charge in [-0.1, -0.05) is 11.6 Å². The maximum absolute atomic E-state index is 13.7. The van der Waals surface area contributed by atoms with Gasteiger partial charge in [-0.05, 0) is 56.3 Å². The topological polar surface area (TPSA) is 87.5 Å². The summed E-state index contributed by atoms with van der Waals surface area (Å²) in [6.45, 7) is 3.00. The normalized spacial score (nSPS) is 12.5. The Hall–Kier alpha value is -2.46. The van der Waals surface area contributed by atoms with E-state index in [1.807, 2.05) is 0 Å². The zero-order chi connectivity index (χ0) is 22.4. The summed E-state index contributed by atoms with van der Waals surface area (Å²) in [7, 11) is -2.70. The van der Waals surface area contributed by atoms with Crippen molar-refractivity contribution in [2.45, 2.75) is 31.0 Å². The summed E-state index contributed by atoms with van der Waals surface area (Å²) < 4.78 is 39.8. The van der Waals surface area contributed by atoms with Gasteiger partial charge in [0.05, 0.1) is 45.5 Å². The SMILES string of the molecule is COC(=O)C(C)(C)OCc1cc2cc(Cl)ccc2n1S(=O)(=O)c1ccc2ncsc2c1. The van der Waals surface area contributed by atoms with Gasteiger partial charge in [0.25, 0.3) is 10.0 Å². The van der Waals surface area contributed by atoms with Crippen molar-refractivity contribution in [2.75, 3.05) is 7.11 Å². The molecule has 31 heavy (non-hydrogen) atoms. The predicted octanol–water partition coefficient (Wildman–Crippen LogP) is 4.61. The zero-order valence-corrected chi connectivity index (χ0v) is 19.3. The monoisotopic (exact) mass is 478 g/mol. The summed E-state index contributed by atoms with van der Waals surface area (Å²) >= 11 is 7.48. The molecular formula is C21H19ClN2O5S2. The maximum atomic E-state index is 13.7. The highest BCUT2D eigenvalue weighted by Gasteiger charge is 2.31. The van der Waals surface area contributed by atoms with E-state index in [4.69, 9.17) is 21.1 Å². The van der Waals surface area contributed by atoms with Gasteiger partial charge in [0.1, 0.15) is 0 Å². The number of fused-ring (bicyclic) bond motifs is 2. The first-order valence-corrected chi connectivity index (χ1v) is 11.9. The number of rotatable bonds is 6. The third kappa shape index (κ3) is 3.94. The second kappa shape index (κ2) is 7.90. The molecule has 0 saturated carbocycles. The fourth-order valence-electron chi connectivity index (χ4n) is 3.26. The minimum Gasteiger partial charge on any atom is -0.467 e. The Kier molecular flexibility index (Phi) is 5.55. The van der Waals surface area contributed by atoms with E-state index < -0.39 is 21.6 Å². The van der Waals surface area contributed by atoms with Crippen LogP contribution in [0.25, 0.3) is 21.1 Å². The molecule has 2 heterocycles. The lowest BCUT2D eigenvalue weighted by molar-refractivity contribution is -0.166. The summed E-state index contributed by atoms with van der Waals surface area (Å²) in [4.78, 5) is 16.3. The smallest absolute Gasteiger partial charge is 0.337 e. The van der Waals surface area contributed by atoms with Crippen LogP contribution in [0.1, 0.15) is 19.5 Å². The van der Waals surface area contributed by atoms with Crippen LogP contribution in [-0.2, 0) is 30.9 Å². The first-order valence-electron chi connectivity index (χ1n) is 9.24. The highest BCUT2D eigenvalue weighted by molar-refractivity contribution is 7.90. The Balaban J connectivity index is 1.85. The minimum atomic E-state index is -3.97. The Bertz CT molecular complexity index is 1410. The molecule has 0 bridgehead atoms. The average Bonchev–Trinajstić information content (AvgIpc) is 3.34. The van der Waals surface area contributed by atoms with Crippen molar-refractivity contribution >= 4 is 60.0 Å². The number of hydrogen-bond acceptors (Lipinski definition) is 7. The molecule has 0 radical (unpaired) electrons. The highest BCUT2D eigenvalue weighted by atomic mass is 35.5. The van der Waals surface area contributed by atoms with Crippen molar-refractivity contribution in [1.82, 2.24) is 8.96 Å². The Morgan fingerprint density at radius 2 is 1.97 bits per heavy atom. The maximum Gasteiger partial charge on any atom is 0.337 e. The molecular weight excluding hydrogens is 460 g/mol. The molecule has 0 aliphatic heterocycles. The van der Waals surface area contributed by atoms with Crippen LogP contribution in [0.3, 0.4) is 0 Å². The summed E-state index contributed by atoms with van der Waals surface area (Å²) in [5.74, 6) is -0.559. The molecule has 0 fully saturated rings. The molecule has 0 aliphatic rings. The number of thiazole rings is 1. The van der Waals surface area contributed by atoms with Gasteiger partial charge in [0, 0.05) is 10.4 Å². The number of halogens is 1. The van der Waals surface area contributed by atoms with Crippen LogP contribution in [0.2, 0.25) is 5.02 Å². The molecule has 2 aromatic heterocycles. The largest absolute Gasteiger partial charge is 0.467 e. The summed E-state index contributed by atoms with van der Waals surface area (Å²) in [6, 6.07) is 11.5. The van der Waals surface area contributed by atoms with Gasteiger partial charge in [0.2, 0.25) is 0 Å². The van der Waals surface area contributed by atoms with E-state index in [-0.39, 0.29) is 11.5 Å². The van der Waals surface area contributed by atoms with E-state index >= 15 is 0 Å². The number of ether oxygens (including phenoxy) is 2. The number of esters is 1. The Labute approximate surface area is 188 Å². The number of benzene rings is 2. The van der Waals surface area contributed by atoms with E-state index in [0.29, 0.717) is 21.6 Å². The lowest BCUT2D eigenvalue weighted by atomic mass is 10.1. The van der Waals surface area contributed by atoms with Crippen molar-refractivity contribution in [2.24, 2.45) is 0 Å². The van der Waals surface area contributed by atoms with Gasteiger partial charge in [-0.15, -0.1) is 11.3 Å². The van der Waals surface area contributed by atoms with Gasteiger partial charge >= 0.3 is 5.97 Å². The number of nitrogens with zero attached hydrogens (tertiary/aromatic N) is 2.